The van der Waals surface area contributed by atoms with E-state index in [9.17, 15) is 9.59 Å². The summed E-state index contributed by atoms with van der Waals surface area (Å²) < 4.78 is 5.60. The first-order valence-electron chi connectivity index (χ1n) is 8.26. The smallest absolute Gasteiger partial charge is 0.271 e. The van der Waals surface area contributed by atoms with Crippen molar-refractivity contribution in [3.8, 4) is 5.75 Å². The summed E-state index contributed by atoms with van der Waals surface area (Å²) in [6.07, 6.45) is 0. The van der Waals surface area contributed by atoms with Crippen molar-refractivity contribution < 1.29 is 14.3 Å². The summed E-state index contributed by atoms with van der Waals surface area (Å²) >= 11 is 11.0. The lowest BCUT2D eigenvalue weighted by Gasteiger charge is -2.12. The van der Waals surface area contributed by atoms with Crippen molar-refractivity contribution >= 4 is 40.7 Å². The average molecular weight is 406 g/mol. The van der Waals surface area contributed by atoms with Crippen LogP contribution in [0.5, 0.6) is 5.75 Å². The van der Waals surface area contributed by atoms with E-state index >= 15 is 0 Å². The van der Waals surface area contributed by atoms with Gasteiger partial charge in [-0.25, -0.2) is 0 Å². The highest BCUT2D eigenvalue weighted by Gasteiger charge is 2.12. The standard InChI is InChI=1S/C19H20ClN3O3S/c1-12(2)11-26-14-7-5-6-13(10-14)17(24)21-19(27)23-22-18(25)15-8-3-4-9-16(15)20/h3-10,12H,11H2,1-2H3,(H,22,25)(H2,21,23,24,27). The normalized spacial score (nSPS) is 10.2. The van der Waals surface area contributed by atoms with E-state index in [-0.39, 0.29) is 10.7 Å². The predicted molar refractivity (Wildman–Crippen MR) is 109 cm³/mol. The first-order valence-corrected chi connectivity index (χ1v) is 9.04. The van der Waals surface area contributed by atoms with E-state index in [0.717, 1.165) is 0 Å². The zero-order valence-electron chi connectivity index (χ0n) is 14.9. The lowest BCUT2D eigenvalue weighted by atomic mass is 10.2. The first-order chi connectivity index (χ1) is 12.9. The highest BCUT2D eigenvalue weighted by Crippen LogP contribution is 2.15. The molecule has 0 atom stereocenters. The molecule has 0 aromatic heterocycles. The lowest BCUT2D eigenvalue weighted by molar-refractivity contribution is 0.0934. The molecule has 0 aliphatic heterocycles. The van der Waals surface area contributed by atoms with Gasteiger partial charge in [0.1, 0.15) is 5.75 Å². The number of thiocarbonyl (C=S) groups is 1. The van der Waals surface area contributed by atoms with Crippen molar-refractivity contribution in [1.82, 2.24) is 16.2 Å². The molecule has 142 valence electrons. The third-order valence-corrected chi connectivity index (χ3v) is 3.85. The minimum Gasteiger partial charge on any atom is -0.493 e. The molecule has 0 heterocycles. The molecule has 0 saturated heterocycles. The maximum absolute atomic E-state index is 12.3. The largest absolute Gasteiger partial charge is 0.493 e. The van der Waals surface area contributed by atoms with Gasteiger partial charge in [-0.2, -0.15) is 0 Å². The van der Waals surface area contributed by atoms with Gasteiger partial charge in [0.05, 0.1) is 17.2 Å². The van der Waals surface area contributed by atoms with Crippen LogP contribution in [0.3, 0.4) is 0 Å². The Labute approximate surface area is 168 Å². The molecule has 0 unspecified atom stereocenters. The highest BCUT2D eigenvalue weighted by molar-refractivity contribution is 7.80. The monoisotopic (exact) mass is 405 g/mol. The van der Waals surface area contributed by atoms with E-state index in [1.54, 1.807) is 48.5 Å². The Bertz CT molecular complexity index is 842. The number of carbonyl (C=O) groups is 2. The Balaban J connectivity index is 1.88. The molecule has 0 spiro atoms. The molecule has 8 heteroatoms. The molecule has 2 amide bonds. The van der Waals surface area contributed by atoms with Crippen LogP contribution in [-0.2, 0) is 0 Å². The van der Waals surface area contributed by atoms with E-state index in [0.29, 0.717) is 28.9 Å². The fourth-order valence-electron chi connectivity index (χ4n) is 2.02. The number of rotatable bonds is 5. The van der Waals surface area contributed by atoms with Crippen molar-refractivity contribution in [3.63, 3.8) is 0 Å². The van der Waals surface area contributed by atoms with Crippen LogP contribution < -0.4 is 20.9 Å². The van der Waals surface area contributed by atoms with Gasteiger partial charge in [0, 0.05) is 5.56 Å². The van der Waals surface area contributed by atoms with Crippen LogP contribution in [0.2, 0.25) is 5.02 Å². The van der Waals surface area contributed by atoms with Crippen molar-refractivity contribution in [2.75, 3.05) is 6.61 Å². The Morgan fingerprint density at radius 2 is 1.81 bits per heavy atom. The van der Waals surface area contributed by atoms with Gasteiger partial charge in [-0.3, -0.25) is 25.8 Å². The molecule has 0 saturated carbocycles. The van der Waals surface area contributed by atoms with E-state index < -0.39 is 11.8 Å². The average Bonchev–Trinajstić information content (AvgIpc) is 2.65. The van der Waals surface area contributed by atoms with Gasteiger partial charge in [0.25, 0.3) is 11.8 Å². The number of benzene rings is 2. The van der Waals surface area contributed by atoms with Gasteiger partial charge in [0.15, 0.2) is 5.11 Å². The second-order valence-corrected chi connectivity index (χ2v) is 6.89. The number of hydrogen-bond acceptors (Lipinski definition) is 4. The fraction of sp³-hybridized carbons (Fsp3) is 0.211. The summed E-state index contributed by atoms with van der Waals surface area (Å²) in [5, 5.41) is 2.75. The Morgan fingerprint density at radius 1 is 1.07 bits per heavy atom. The summed E-state index contributed by atoms with van der Waals surface area (Å²) in [5.41, 5.74) is 5.53. The summed E-state index contributed by atoms with van der Waals surface area (Å²) in [6, 6.07) is 13.4. The maximum Gasteiger partial charge on any atom is 0.271 e. The summed E-state index contributed by atoms with van der Waals surface area (Å²) in [7, 11) is 0. The molecule has 27 heavy (non-hydrogen) atoms. The van der Waals surface area contributed by atoms with E-state index in [1.807, 2.05) is 13.8 Å². The number of ether oxygens (including phenoxy) is 1. The van der Waals surface area contributed by atoms with Crippen LogP contribution in [0.4, 0.5) is 0 Å². The zero-order valence-corrected chi connectivity index (χ0v) is 16.5. The Hall–Kier alpha value is -2.64. The van der Waals surface area contributed by atoms with Gasteiger partial charge >= 0.3 is 0 Å². The minimum absolute atomic E-state index is 0.0473. The Morgan fingerprint density at radius 3 is 2.52 bits per heavy atom. The topological polar surface area (TPSA) is 79.5 Å². The van der Waals surface area contributed by atoms with Crippen LogP contribution in [0.25, 0.3) is 0 Å². The third kappa shape index (κ3) is 6.54. The minimum atomic E-state index is -0.471. The number of amides is 2. The molecule has 0 bridgehead atoms. The van der Waals surface area contributed by atoms with Crippen LogP contribution in [-0.4, -0.2) is 23.5 Å². The first kappa shape index (κ1) is 20.7. The molecule has 0 aliphatic carbocycles. The van der Waals surface area contributed by atoms with Gasteiger partial charge < -0.3 is 4.74 Å². The van der Waals surface area contributed by atoms with Gasteiger partial charge in [-0.15, -0.1) is 0 Å². The van der Waals surface area contributed by atoms with Crippen LogP contribution in [0.15, 0.2) is 48.5 Å². The second kappa shape index (κ2) is 9.89. The molecule has 3 N–H and O–H groups in total. The lowest BCUT2D eigenvalue weighted by Crippen LogP contribution is -2.48. The number of halogens is 1. The predicted octanol–water partition coefficient (Wildman–Crippen LogP) is 3.32. The number of hydrogen-bond donors (Lipinski definition) is 3. The zero-order chi connectivity index (χ0) is 19.8. The van der Waals surface area contributed by atoms with Gasteiger partial charge in [-0.1, -0.05) is 43.6 Å². The molecule has 6 nitrogen and oxygen atoms in total. The molecule has 2 aromatic carbocycles. The third-order valence-electron chi connectivity index (χ3n) is 3.31. The van der Waals surface area contributed by atoms with Crippen LogP contribution in [0.1, 0.15) is 34.6 Å². The van der Waals surface area contributed by atoms with Crippen molar-refractivity contribution in [2.45, 2.75) is 13.8 Å². The highest BCUT2D eigenvalue weighted by atomic mass is 35.5. The molecule has 0 aliphatic rings. The van der Waals surface area contributed by atoms with Crippen molar-refractivity contribution in [2.24, 2.45) is 5.92 Å². The van der Waals surface area contributed by atoms with E-state index in [2.05, 4.69) is 16.2 Å². The number of nitrogens with one attached hydrogen (secondary N) is 3. The molecule has 2 aromatic rings. The number of carbonyl (C=O) groups excluding carboxylic acids is 2. The number of hydrazine groups is 1. The van der Waals surface area contributed by atoms with Crippen molar-refractivity contribution in [3.05, 3.63) is 64.7 Å². The van der Waals surface area contributed by atoms with Crippen LogP contribution >= 0.6 is 23.8 Å². The van der Waals surface area contributed by atoms with E-state index in [4.69, 9.17) is 28.6 Å². The molecular weight excluding hydrogens is 386 g/mol. The molecule has 2 rings (SSSR count). The summed E-state index contributed by atoms with van der Waals surface area (Å²) in [4.78, 5) is 24.3. The quantitative estimate of drug-likeness (QED) is 0.525. The van der Waals surface area contributed by atoms with E-state index in [1.165, 1.54) is 0 Å². The summed E-state index contributed by atoms with van der Waals surface area (Å²) in [6.45, 7) is 4.63. The fourth-order valence-corrected chi connectivity index (χ4v) is 2.39. The van der Waals surface area contributed by atoms with Gasteiger partial charge in [-0.05, 0) is 48.5 Å². The van der Waals surface area contributed by atoms with Crippen molar-refractivity contribution in [1.29, 1.82) is 0 Å². The maximum atomic E-state index is 12.3. The second-order valence-electron chi connectivity index (χ2n) is 6.07. The molecule has 0 radical (unpaired) electrons. The molecular formula is C19H20ClN3O3S. The molecule has 0 fully saturated rings. The summed E-state index contributed by atoms with van der Waals surface area (Å²) in [5.74, 6) is 0.0824. The Kier molecular flexibility index (Phi) is 7.57. The SMILES string of the molecule is CC(C)COc1cccc(C(=O)NC(=S)NNC(=O)c2ccccc2Cl)c1. The van der Waals surface area contributed by atoms with Crippen LogP contribution in [0, 0.1) is 5.92 Å². The van der Waals surface area contributed by atoms with Gasteiger partial charge in [0.2, 0.25) is 0 Å².